The molecule has 0 aromatic carbocycles. The van der Waals surface area contributed by atoms with Gasteiger partial charge in [-0.2, -0.15) is 0 Å². The number of nitrogens with one attached hydrogen (secondary N) is 1. The summed E-state index contributed by atoms with van der Waals surface area (Å²) in [7, 11) is 1.54. The summed E-state index contributed by atoms with van der Waals surface area (Å²) in [6, 6.07) is 0.874. The first-order valence-electron chi connectivity index (χ1n) is 7.98. The van der Waals surface area contributed by atoms with Crippen LogP contribution < -0.4 is 10.1 Å². The first-order valence-corrected chi connectivity index (χ1v) is 7.98. The van der Waals surface area contributed by atoms with Gasteiger partial charge < -0.3 is 10.1 Å². The molecule has 1 aliphatic heterocycles. The summed E-state index contributed by atoms with van der Waals surface area (Å²) in [5.74, 6) is 0.290. The Bertz CT molecular complexity index is 788. The molecule has 1 saturated heterocycles. The van der Waals surface area contributed by atoms with E-state index in [1.807, 2.05) is 13.8 Å². The molecule has 0 spiro atoms. The van der Waals surface area contributed by atoms with E-state index in [0.717, 1.165) is 0 Å². The number of hydrogen-bond donors (Lipinski definition) is 1. The highest BCUT2D eigenvalue weighted by Crippen LogP contribution is 2.17. The maximum absolute atomic E-state index is 12.6. The van der Waals surface area contributed by atoms with E-state index in [1.165, 1.54) is 12.0 Å². The third kappa shape index (κ3) is 3.59. The molecule has 2 aromatic heterocycles. The Morgan fingerprint density at radius 1 is 1.32 bits per heavy atom. The summed E-state index contributed by atoms with van der Waals surface area (Å²) in [6.45, 7) is 4.12. The molecular formula is C16H20N6O3. The molecule has 1 unspecified atom stereocenters. The molecule has 1 N–H and O–H groups in total. The fourth-order valence-corrected chi connectivity index (χ4v) is 2.58. The van der Waals surface area contributed by atoms with E-state index in [2.05, 4.69) is 20.6 Å². The lowest BCUT2D eigenvalue weighted by Gasteiger charge is -2.13. The minimum atomic E-state index is -0.636. The normalized spacial score (nSPS) is 17.3. The molecule has 3 heterocycles. The largest absolute Gasteiger partial charge is 0.495 e. The van der Waals surface area contributed by atoms with Gasteiger partial charge in [0, 0.05) is 24.9 Å². The second-order valence-electron chi connectivity index (χ2n) is 6.15. The Kier molecular flexibility index (Phi) is 4.64. The lowest BCUT2D eigenvalue weighted by molar-refractivity contribution is -0.127. The van der Waals surface area contributed by atoms with Crippen LogP contribution in [0.5, 0.6) is 5.75 Å². The topological polar surface area (TPSA) is 102 Å². The first-order chi connectivity index (χ1) is 12.0. The van der Waals surface area contributed by atoms with Crippen molar-refractivity contribution in [1.82, 2.24) is 30.2 Å². The van der Waals surface area contributed by atoms with Gasteiger partial charge in [-0.25, -0.2) is 9.48 Å². The van der Waals surface area contributed by atoms with Gasteiger partial charge >= 0.3 is 6.03 Å². The van der Waals surface area contributed by atoms with Gasteiger partial charge in [-0.1, -0.05) is 5.21 Å². The Balaban J connectivity index is 1.68. The van der Waals surface area contributed by atoms with Gasteiger partial charge in [-0.15, -0.1) is 5.10 Å². The third-order valence-electron chi connectivity index (χ3n) is 3.95. The molecule has 1 atom stereocenters. The van der Waals surface area contributed by atoms with Crippen molar-refractivity contribution >= 4 is 11.9 Å². The van der Waals surface area contributed by atoms with Crippen molar-refractivity contribution in [2.24, 2.45) is 0 Å². The van der Waals surface area contributed by atoms with Crippen LogP contribution in [0, 0.1) is 0 Å². The molecule has 1 fully saturated rings. The van der Waals surface area contributed by atoms with Crippen molar-refractivity contribution < 1.29 is 14.3 Å². The fourth-order valence-electron chi connectivity index (χ4n) is 2.58. The lowest BCUT2D eigenvalue weighted by Crippen LogP contribution is -2.32. The number of carbonyl (C=O) groups excluding carboxylic acids is 2. The van der Waals surface area contributed by atoms with E-state index in [0.29, 0.717) is 23.4 Å². The summed E-state index contributed by atoms with van der Waals surface area (Å²) >= 11 is 0. The number of rotatable bonds is 6. The minimum Gasteiger partial charge on any atom is -0.495 e. The van der Waals surface area contributed by atoms with E-state index < -0.39 is 12.1 Å². The standard InChI is InChI=1S/C16H20N6O3/c1-10(2)22-9-12(19-20-22)5-14-15(23)21(16(24)18-14)8-11-4-13(25-3)7-17-6-11/h4,6-7,9-10,14H,5,8H2,1-3H3,(H,18,24). The van der Waals surface area contributed by atoms with Crippen LogP contribution in [0.3, 0.4) is 0 Å². The number of amides is 3. The Hall–Kier alpha value is -2.97. The zero-order chi connectivity index (χ0) is 18.0. The van der Waals surface area contributed by atoms with Crippen LogP contribution in [0.4, 0.5) is 4.79 Å². The highest BCUT2D eigenvalue weighted by Gasteiger charge is 2.38. The van der Waals surface area contributed by atoms with Crippen molar-refractivity contribution in [2.75, 3.05) is 7.11 Å². The van der Waals surface area contributed by atoms with Crippen LogP contribution in [-0.4, -0.2) is 50.0 Å². The number of ether oxygens (including phenoxy) is 1. The molecule has 132 valence electrons. The van der Waals surface area contributed by atoms with Crippen molar-refractivity contribution in [3.05, 3.63) is 35.9 Å². The Morgan fingerprint density at radius 3 is 2.80 bits per heavy atom. The fraction of sp³-hybridized carbons (Fsp3) is 0.438. The number of hydrogen-bond acceptors (Lipinski definition) is 6. The summed E-state index contributed by atoms with van der Waals surface area (Å²) < 4.78 is 6.83. The summed E-state index contributed by atoms with van der Waals surface area (Å²) in [4.78, 5) is 29.9. The van der Waals surface area contributed by atoms with Crippen LogP contribution in [0.25, 0.3) is 0 Å². The van der Waals surface area contributed by atoms with Gasteiger partial charge in [-0.3, -0.25) is 14.7 Å². The monoisotopic (exact) mass is 344 g/mol. The van der Waals surface area contributed by atoms with Crippen LogP contribution in [0.1, 0.15) is 31.1 Å². The van der Waals surface area contributed by atoms with Gasteiger partial charge in [0.25, 0.3) is 5.91 Å². The molecule has 25 heavy (non-hydrogen) atoms. The van der Waals surface area contributed by atoms with Crippen LogP contribution in [0.15, 0.2) is 24.7 Å². The summed E-state index contributed by atoms with van der Waals surface area (Å²) in [6.07, 6.45) is 5.27. The molecule has 3 rings (SSSR count). The third-order valence-corrected chi connectivity index (χ3v) is 3.95. The van der Waals surface area contributed by atoms with E-state index in [1.54, 1.807) is 29.3 Å². The second-order valence-corrected chi connectivity index (χ2v) is 6.15. The number of nitrogens with zero attached hydrogens (tertiary/aromatic N) is 5. The highest BCUT2D eigenvalue weighted by atomic mass is 16.5. The van der Waals surface area contributed by atoms with E-state index in [9.17, 15) is 9.59 Å². The van der Waals surface area contributed by atoms with Crippen molar-refractivity contribution in [3.63, 3.8) is 0 Å². The number of methoxy groups -OCH3 is 1. The molecule has 1 aliphatic rings. The average molecular weight is 344 g/mol. The highest BCUT2D eigenvalue weighted by molar-refractivity contribution is 6.04. The zero-order valence-corrected chi connectivity index (χ0v) is 14.3. The van der Waals surface area contributed by atoms with E-state index >= 15 is 0 Å². The minimum absolute atomic E-state index is 0.143. The number of aromatic nitrogens is 4. The van der Waals surface area contributed by atoms with Gasteiger partial charge in [0.2, 0.25) is 0 Å². The maximum atomic E-state index is 12.6. The summed E-state index contributed by atoms with van der Waals surface area (Å²) in [5, 5.41) is 10.8. The van der Waals surface area contributed by atoms with E-state index in [4.69, 9.17) is 4.74 Å². The molecule has 0 saturated carbocycles. The smallest absolute Gasteiger partial charge is 0.325 e. The van der Waals surface area contributed by atoms with Gasteiger partial charge in [-0.05, 0) is 25.5 Å². The lowest BCUT2D eigenvalue weighted by atomic mass is 10.1. The molecule has 0 bridgehead atoms. The predicted octanol–water partition coefficient (Wildman–Crippen LogP) is 0.926. The molecule has 0 radical (unpaired) electrons. The number of imide groups is 1. The first kappa shape index (κ1) is 16.9. The van der Waals surface area contributed by atoms with Crippen molar-refractivity contribution in [1.29, 1.82) is 0 Å². The molecule has 9 nitrogen and oxygen atoms in total. The Morgan fingerprint density at radius 2 is 2.12 bits per heavy atom. The number of urea groups is 1. The number of pyridine rings is 1. The Labute approximate surface area is 145 Å². The average Bonchev–Trinajstić information content (AvgIpc) is 3.16. The molecule has 0 aliphatic carbocycles. The molecule has 3 amide bonds. The quantitative estimate of drug-likeness (QED) is 0.782. The molecule has 2 aromatic rings. The molecular weight excluding hydrogens is 324 g/mol. The van der Waals surface area contributed by atoms with Crippen LogP contribution in [-0.2, 0) is 17.8 Å². The van der Waals surface area contributed by atoms with Crippen molar-refractivity contribution in [2.45, 2.75) is 38.9 Å². The van der Waals surface area contributed by atoms with Crippen molar-refractivity contribution in [3.8, 4) is 5.75 Å². The maximum Gasteiger partial charge on any atom is 0.325 e. The van der Waals surface area contributed by atoms with Crippen LogP contribution >= 0.6 is 0 Å². The van der Waals surface area contributed by atoms with E-state index in [-0.39, 0.29) is 18.5 Å². The molecule has 9 heteroatoms. The van der Waals surface area contributed by atoms with Gasteiger partial charge in [0.15, 0.2) is 0 Å². The number of carbonyl (C=O) groups is 2. The van der Waals surface area contributed by atoms with Gasteiger partial charge in [0.05, 0.1) is 25.5 Å². The second kappa shape index (κ2) is 6.88. The van der Waals surface area contributed by atoms with Gasteiger partial charge in [0.1, 0.15) is 11.8 Å². The summed E-state index contributed by atoms with van der Waals surface area (Å²) in [5.41, 5.74) is 1.38. The predicted molar refractivity (Wildman–Crippen MR) is 87.8 cm³/mol. The zero-order valence-electron chi connectivity index (χ0n) is 14.3. The van der Waals surface area contributed by atoms with Crippen LogP contribution in [0.2, 0.25) is 0 Å². The SMILES string of the molecule is COc1cncc(CN2C(=O)NC(Cc3cn(C(C)C)nn3)C2=O)c1.